The van der Waals surface area contributed by atoms with Gasteiger partial charge in [0, 0.05) is 37.7 Å². The van der Waals surface area contributed by atoms with Gasteiger partial charge in [-0.15, -0.1) is 0 Å². The van der Waals surface area contributed by atoms with Gasteiger partial charge in [0.25, 0.3) is 0 Å². The quantitative estimate of drug-likeness (QED) is 0.898. The van der Waals surface area contributed by atoms with E-state index in [0.717, 1.165) is 5.56 Å². The van der Waals surface area contributed by atoms with Gasteiger partial charge < -0.3 is 5.11 Å². The highest BCUT2D eigenvalue weighted by Gasteiger charge is 2.24. The monoisotopic (exact) mass is 318 g/mol. The third-order valence-corrected chi connectivity index (χ3v) is 5.04. The third-order valence-electron chi connectivity index (χ3n) is 3.49. The maximum atomic E-state index is 11.4. The van der Waals surface area contributed by atoms with Crippen molar-refractivity contribution in [3.63, 3.8) is 0 Å². The van der Waals surface area contributed by atoms with Crippen molar-refractivity contribution in [3.8, 4) is 0 Å². The Morgan fingerprint density at radius 2 is 1.75 bits per heavy atom. The van der Waals surface area contributed by atoms with E-state index in [1.54, 1.807) is 24.3 Å². The van der Waals surface area contributed by atoms with Gasteiger partial charge in [0.2, 0.25) is 10.0 Å². The zero-order valence-electron chi connectivity index (χ0n) is 11.4. The largest absolute Gasteiger partial charge is 0.387 e. The molecule has 0 aliphatic carbocycles. The molecule has 1 aliphatic rings. The molecule has 112 valence electrons. The second-order valence-electron chi connectivity index (χ2n) is 5.03. The average Bonchev–Trinajstić information content (AvgIpc) is 2.39. The van der Waals surface area contributed by atoms with E-state index < -0.39 is 16.1 Å². The molecule has 0 bridgehead atoms. The van der Waals surface area contributed by atoms with Crippen LogP contribution in [0.3, 0.4) is 0 Å². The van der Waals surface area contributed by atoms with E-state index in [9.17, 15) is 13.5 Å². The molecule has 0 aromatic heterocycles. The fraction of sp³-hybridized carbons (Fsp3) is 0.538. The molecule has 1 heterocycles. The standard InChI is InChI=1S/C13H19ClN2O3S/c1-20(18,19)16-8-6-15(7-9-16)10-13(17)11-2-4-12(14)5-3-11/h2-5,13,17H,6-10H2,1H3. The number of hydrogen-bond acceptors (Lipinski definition) is 4. The molecule has 0 spiro atoms. The number of piperazine rings is 1. The molecule has 1 aromatic rings. The summed E-state index contributed by atoms with van der Waals surface area (Å²) in [6.07, 6.45) is 0.641. The van der Waals surface area contributed by atoms with Crippen molar-refractivity contribution >= 4 is 21.6 Å². The lowest BCUT2D eigenvalue weighted by atomic mass is 10.1. The Hall–Kier alpha value is -0.660. The first-order chi connectivity index (χ1) is 9.36. The average molecular weight is 319 g/mol. The van der Waals surface area contributed by atoms with E-state index in [-0.39, 0.29) is 0 Å². The highest BCUT2D eigenvalue weighted by molar-refractivity contribution is 7.88. The summed E-state index contributed by atoms with van der Waals surface area (Å²) in [5, 5.41) is 10.8. The Labute approximate surface area is 124 Å². The van der Waals surface area contributed by atoms with Gasteiger partial charge in [-0.2, -0.15) is 4.31 Å². The van der Waals surface area contributed by atoms with Crippen LogP contribution in [0.4, 0.5) is 0 Å². The number of aliphatic hydroxyl groups excluding tert-OH is 1. The van der Waals surface area contributed by atoms with Gasteiger partial charge in [-0.1, -0.05) is 23.7 Å². The van der Waals surface area contributed by atoms with Gasteiger partial charge in [0.05, 0.1) is 12.4 Å². The lowest BCUT2D eigenvalue weighted by Crippen LogP contribution is -2.49. The molecule has 0 saturated carbocycles. The molecule has 0 radical (unpaired) electrons. The third kappa shape index (κ3) is 4.17. The number of sulfonamides is 1. The highest BCUT2D eigenvalue weighted by Crippen LogP contribution is 2.18. The minimum Gasteiger partial charge on any atom is -0.387 e. The second-order valence-corrected chi connectivity index (χ2v) is 7.45. The van der Waals surface area contributed by atoms with Crippen LogP contribution in [0.1, 0.15) is 11.7 Å². The number of rotatable bonds is 4. The fourth-order valence-corrected chi connectivity index (χ4v) is 3.23. The summed E-state index contributed by atoms with van der Waals surface area (Å²) < 4.78 is 24.3. The van der Waals surface area contributed by atoms with Gasteiger partial charge in [0.15, 0.2) is 0 Å². The van der Waals surface area contributed by atoms with Gasteiger partial charge >= 0.3 is 0 Å². The van der Waals surface area contributed by atoms with Gasteiger partial charge in [-0.25, -0.2) is 8.42 Å². The molecule has 1 aromatic carbocycles. The van der Waals surface area contributed by atoms with Crippen molar-refractivity contribution in [1.82, 2.24) is 9.21 Å². The molecule has 0 amide bonds. The highest BCUT2D eigenvalue weighted by atomic mass is 35.5. The molecule has 1 unspecified atom stereocenters. The van der Waals surface area contributed by atoms with Crippen LogP contribution in [-0.4, -0.2) is 61.7 Å². The Kier molecular flexibility index (Phi) is 5.04. The smallest absolute Gasteiger partial charge is 0.211 e. The lowest BCUT2D eigenvalue weighted by molar-refractivity contribution is 0.0922. The summed E-state index contributed by atoms with van der Waals surface area (Å²) in [4.78, 5) is 2.07. The molecule has 7 heteroatoms. The predicted molar refractivity (Wildman–Crippen MR) is 79.3 cm³/mol. The van der Waals surface area contributed by atoms with Crippen molar-refractivity contribution in [2.24, 2.45) is 0 Å². The summed E-state index contributed by atoms with van der Waals surface area (Å²) in [5.41, 5.74) is 0.819. The first-order valence-corrected chi connectivity index (χ1v) is 8.70. The van der Waals surface area contributed by atoms with Crippen molar-refractivity contribution < 1.29 is 13.5 Å². The van der Waals surface area contributed by atoms with Crippen molar-refractivity contribution in [3.05, 3.63) is 34.9 Å². The number of nitrogens with zero attached hydrogens (tertiary/aromatic N) is 2. The van der Waals surface area contributed by atoms with E-state index in [2.05, 4.69) is 4.90 Å². The Balaban J connectivity index is 1.88. The number of hydrogen-bond donors (Lipinski definition) is 1. The molecule has 1 saturated heterocycles. The van der Waals surface area contributed by atoms with Crippen LogP contribution in [0.25, 0.3) is 0 Å². The minimum atomic E-state index is -3.11. The molecule has 20 heavy (non-hydrogen) atoms. The van der Waals surface area contributed by atoms with Gasteiger partial charge in [-0.3, -0.25) is 4.90 Å². The summed E-state index contributed by atoms with van der Waals surface area (Å²) in [7, 11) is -3.11. The lowest BCUT2D eigenvalue weighted by Gasteiger charge is -2.34. The molecular formula is C13H19ClN2O3S. The summed E-state index contributed by atoms with van der Waals surface area (Å²) >= 11 is 5.81. The van der Waals surface area contributed by atoms with Crippen LogP contribution in [0, 0.1) is 0 Å². The van der Waals surface area contributed by atoms with Crippen molar-refractivity contribution in [2.45, 2.75) is 6.10 Å². The van der Waals surface area contributed by atoms with Crippen molar-refractivity contribution in [1.29, 1.82) is 0 Å². The van der Waals surface area contributed by atoms with Crippen LogP contribution in [0.5, 0.6) is 0 Å². The summed E-state index contributed by atoms with van der Waals surface area (Å²) in [6.45, 7) is 2.73. The normalized spacial score (nSPS) is 19.9. The predicted octanol–water partition coefficient (Wildman–Crippen LogP) is 0.951. The maximum Gasteiger partial charge on any atom is 0.211 e. The molecule has 1 fully saturated rings. The van der Waals surface area contributed by atoms with E-state index >= 15 is 0 Å². The Morgan fingerprint density at radius 3 is 2.25 bits per heavy atom. The topological polar surface area (TPSA) is 60.9 Å². The van der Waals surface area contributed by atoms with Gasteiger partial charge in [0.1, 0.15) is 0 Å². The molecule has 1 aliphatic heterocycles. The number of halogens is 1. The van der Waals surface area contributed by atoms with E-state index in [1.807, 2.05) is 0 Å². The zero-order valence-corrected chi connectivity index (χ0v) is 12.9. The maximum absolute atomic E-state index is 11.4. The first-order valence-electron chi connectivity index (χ1n) is 6.47. The van der Waals surface area contributed by atoms with Crippen LogP contribution >= 0.6 is 11.6 Å². The molecule has 2 rings (SSSR count). The first kappa shape index (κ1) is 15.7. The Bertz CT molecular complexity index is 539. The van der Waals surface area contributed by atoms with Crippen LogP contribution in [0.15, 0.2) is 24.3 Å². The number of benzene rings is 1. The summed E-state index contributed by atoms with van der Waals surface area (Å²) in [5.74, 6) is 0. The van der Waals surface area contributed by atoms with Crippen LogP contribution in [-0.2, 0) is 10.0 Å². The van der Waals surface area contributed by atoms with E-state index in [1.165, 1.54) is 10.6 Å². The molecule has 5 nitrogen and oxygen atoms in total. The summed E-state index contributed by atoms with van der Waals surface area (Å²) in [6, 6.07) is 7.11. The fourth-order valence-electron chi connectivity index (χ4n) is 2.28. The number of aliphatic hydroxyl groups is 1. The minimum absolute atomic E-state index is 0.478. The van der Waals surface area contributed by atoms with E-state index in [4.69, 9.17) is 11.6 Å². The molecule has 1 atom stereocenters. The second kappa shape index (κ2) is 6.41. The van der Waals surface area contributed by atoms with E-state index in [0.29, 0.717) is 37.7 Å². The van der Waals surface area contributed by atoms with Gasteiger partial charge in [-0.05, 0) is 17.7 Å². The van der Waals surface area contributed by atoms with Crippen molar-refractivity contribution in [2.75, 3.05) is 39.0 Å². The van der Waals surface area contributed by atoms with Crippen LogP contribution < -0.4 is 0 Å². The zero-order chi connectivity index (χ0) is 14.8. The Morgan fingerprint density at radius 1 is 1.20 bits per heavy atom. The molecule has 1 N–H and O–H groups in total. The molecular weight excluding hydrogens is 300 g/mol. The van der Waals surface area contributed by atoms with Crippen LogP contribution in [0.2, 0.25) is 5.02 Å². The SMILES string of the molecule is CS(=O)(=O)N1CCN(CC(O)c2ccc(Cl)cc2)CC1. The number of β-amino-alcohol motifs (C(OH)–C–C–N with tert-alkyl or cyclic N) is 1.